The molecule has 2 aromatic carbocycles. The van der Waals surface area contributed by atoms with E-state index in [1.165, 1.54) is 23.3 Å². The van der Waals surface area contributed by atoms with Crippen molar-refractivity contribution in [3.8, 4) is 5.75 Å². The number of benzene rings is 2. The molecule has 0 atom stereocenters. The van der Waals surface area contributed by atoms with Crippen LogP contribution in [0.5, 0.6) is 5.75 Å². The molecule has 1 aliphatic rings. The van der Waals surface area contributed by atoms with E-state index in [2.05, 4.69) is 23.0 Å². The minimum absolute atomic E-state index is 0.287. The Morgan fingerprint density at radius 2 is 1.87 bits per heavy atom. The second kappa shape index (κ2) is 8.77. The van der Waals surface area contributed by atoms with Gasteiger partial charge in [0.1, 0.15) is 22.3 Å². The number of hydrogen-bond acceptors (Lipinski definition) is 5. The maximum absolute atomic E-state index is 6.52. The van der Waals surface area contributed by atoms with Gasteiger partial charge in [0.05, 0.1) is 11.1 Å². The molecule has 0 N–H and O–H groups in total. The summed E-state index contributed by atoms with van der Waals surface area (Å²) in [5.41, 5.74) is 4.50. The topological polar surface area (TPSA) is 47.4 Å². The van der Waals surface area contributed by atoms with Gasteiger partial charge in [-0.25, -0.2) is 9.97 Å². The van der Waals surface area contributed by atoms with Gasteiger partial charge in [-0.3, -0.25) is 4.99 Å². The van der Waals surface area contributed by atoms with E-state index in [1.54, 1.807) is 11.3 Å². The van der Waals surface area contributed by atoms with Gasteiger partial charge in [0.15, 0.2) is 5.82 Å². The molecule has 4 aromatic rings. The zero-order valence-corrected chi connectivity index (χ0v) is 18.8. The quantitative estimate of drug-likeness (QED) is 0.248. The monoisotopic (exact) mass is 447 g/mol. The zero-order valence-electron chi connectivity index (χ0n) is 17.3. The molecule has 156 valence electrons. The van der Waals surface area contributed by atoms with E-state index < -0.39 is 0 Å². The Balaban J connectivity index is 1.28. The van der Waals surface area contributed by atoms with E-state index in [0.29, 0.717) is 11.0 Å². The van der Waals surface area contributed by atoms with Crippen molar-refractivity contribution in [3.63, 3.8) is 0 Å². The van der Waals surface area contributed by atoms with Crippen LogP contribution < -0.4 is 4.74 Å². The number of halogens is 1. The molecule has 2 heterocycles. The lowest BCUT2D eigenvalue weighted by atomic mass is 9.97. The lowest BCUT2D eigenvalue weighted by Crippen LogP contribution is -2.03. The largest absolute Gasteiger partial charge is 0.486 e. The fourth-order valence-electron chi connectivity index (χ4n) is 3.87. The van der Waals surface area contributed by atoms with Crippen molar-refractivity contribution in [2.45, 2.75) is 39.2 Å². The van der Waals surface area contributed by atoms with Crippen LogP contribution in [-0.4, -0.2) is 16.2 Å². The fourth-order valence-corrected chi connectivity index (χ4v) is 5.51. The Morgan fingerprint density at radius 3 is 2.71 bits per heavy atom. The van der Waals surface area contributed by atoms with Crippen molar-refractivity contribution in [2.24, 2.45) is 4.99 Å². The fraction of sp³-hybridized carbons (Fsp3) is 0.240. The first-order valence-electron chi connectivity index (χ1n) is 10.5. The molecule has 5 rings (SSSR count). The van der Waals surface area contributed by atoms with E-state index in [4.69, 9.17) is 21.3 Å². The Morgan fingerprint density at radius 1 is 1.06 bits per heavy atom. The number of aryl methyl sites for hydroxylation is 3. The summed E-state index contributed by atoms with van der Waals surface area (Å²) in [6.45, 7) is 2.34. The van der Waals surface area contributed by atoms with Crippen molar-refractivity contribution >= 4 is 45.1 Å². The van der Waals surface area contributed by atoms with Crippen LogP contribution in [0.25, 0.3) is 10.2 Å². The van der Waals surface area contributed by atoms with E-state index in [9.17, 15) is 0 Å². The van der Waals surface area contributed by atoms with Crippen LogP contribution in [0.3, 0.4) is 0 Å². The summed E-state index contributed by atoms with van der Waals surface area (Å²) in [4.78, 5) is 16.2. The molecule has 0 saturated heterocycles. The summed E-state index contributed by atoms with van der Waals surface area (Å²) in [5, 5.41) is 1.59. The predicted octanol–water partition coefficient (Wildman–Crippen LogP) is 6.86. The summed E-state index contributed by atoms with van der Waals surface area (Å²) in [7, 11) is 0. The third-order valence-electron chi connectivity index (χ3n) is 5.53. The molecule has 0 amide bonds. The molecule has 2 aromatic heterocycles. The van der Waals surface area contributed by atoms with E-state index in [-0.39, 0.29) is 6.61 Å². The molecule has 4 nitrogen and oxygen atoms in total. The molecule has 0 spiro atoms. The average molecular weight is 448 g/mol. The number of rotatable bonds is 5. The van der Waals surface area contributed by atoms with E-state index >= 15 is 0 Å². The summed E-state index contributed by atoms with van der Waals surface area (Å²) in [6.07, 6.45) is 6.52. The van der Waals surface area contributed by atoms with Gasteiger partial charge in [0.25, 0.3) is 0 Å². The Bertz CT molecular complexity index is 1260. The normalized spacial score (nSPS) is 13.6. The maximum Gasteiger partial charge on any atom is 0.169 e. The predicted molar refractivity (Wildman–Crippen MR) is 128 cm³/mol. The van der Waals surface area contributed by atoms with Gasteiger partial charge >= 0.3 is 0 Å². The number of thiophene rings is 1. The molecular formula is C25H22ClN3OS. The smallest absolute Gasteiger partial charge is 0.169 e. The summed E-state index contributed by atoms with van der Waals surface area (Å²) < 4.78 is 5.91. The van der Waals surface area contributed by atoms with Gasteiger partial charge in [-0.1, -0.05) is 29.8 Å². The number of hydrogen-bond donors (Lipinski definition) is 0. The highest BCUT2D eigenvalue weighted by atomic mass is 35.5. The zero-order chi connectivity index (χ0) is 21.2. The molecule has 0 aliphatic heterocycles. The maximum atomic E-state index is 6.52. The SMILES string of the molecule is Cc1ccccc1N=Cc1ccc(OCc2nc(Cl)c3c4c(sc3n2)CCCC4)cc1. The Kier molecular flexibility index (Phi) is 5.70. The Labute approximate surface area is 190 Å². The van der Waals surface area contributed by atoms with Crippen LogP contribution in [0.1, 0.15) is 40.2 Å². The summed E-state index contributed by atoms with van der Waals surface area (Å²) >= 11 is 8.28. The first-order valence-corrected chi connectivity index (χ1v) is 11.7. The molecule has 0 saturated carbocycles. The lowest BCUT2D eigenvalue weighted by Gasteiger charge is -2.10. The Hall–Kier alpha value is -2.76. The van der Waals surface area contributed by atoms with Crippen molar-refractivity contribution in [3.05, 3.63) is 81.1 Å². The number of aromatic nitrogens is 2. The van der Waals surface area contributed by atoms with Gasteiger partial charge in [0.2, 0.25) is 0 Å². The molecule has 6 heteroatoms. The third-order valence-corrected chi connectivity index (χ3v) is 6.99. The molecule has 1 aliphatic carbocycles. The standard InChI is InChI=1S/C25H22ClN3OS/c1-16-6-2-4-8-20(16)27-14-17-10-12-18(13-11-17)30-15-22-28-24(26)23-19-7-3-5-9-21(19)31-25(23)29-22/h2,4,6,8,10-14H,3,5,7,9,15H2,1H3. The van der Waals surface area contributed by atoms with Gasteiger partial charge in [0, 0.05) is 11.1 Å². The first kappa shape index (κ1) is 20.2. The third kappa shape index (κ3) is 4.34. The van der Waals surface area contributed by atoms with Crippen molar-refractivity contribution in [1.29, 1.82) is 0 Å². The lowest BCUT2D eigenvalue weighted by molar-refractivity contribution is 0.296. The van der Waals surface area contributed by atoms with Gasteiger partial charge in [-0.2, -0.15) is 0 Å². The molecule has 0 fully saturated rings. The molecule has 0 radical (unpaired) electrons. The number of ether oxygens (including phenoxy) is 1. The number of para-hydroxylation sites is 1. The minimum atomic E-state index is 0.287. The number of nitrogens with zero attached hydrogens (tertiary/aromatic N) is 3. The van der Waals surface area contributed by atoms with Crippen LogP contribution in [0.15, 0.2) is 53.5 Å². The van der Waals surface area contributed by atoms with Crippen molar-refractivity contribution in [1.82, 2.24) is 9.97 Å². The van der Waals surface area contributed by atoms with Crippen LogP contribution in [0.2, 0.25) is 5.15 Å². The molecule has 0 bridgehead atoms. The summed E-state index contributed by atoms with van der Waals surface area (Å²) in [6, 6.07) is 15.9. The number of aliphatic imine (C=N–C) groups is 1. The van der Waals surface area contributed by atoms with Gasteiger partial charge in [-0.05, 0) is 79.6 Å². The van der Waals surface area contributed by atoms with E-state index in [1.807, 2.05) is 48.7 Å². The average Bonchev–Trinajstić information content (AvgIpc) is 3.17. The van der Waals surface area contributed by atoms with Crippen molar-refractivity contribution in [2.75, 3.05) is 0 Å². The molecule has 31 heavy (non-hydrogen) atoms. The van der Waals surface area contributed by atoms with Crippen LogP contribution in [0.4, 0.5) is 5.69 Å². The second-order valence-corrected chi connectivity index (χ2v) is 9.17. The first-order chi connectivity index (χ1) is 15.2. The van der Waals surface area contributed by atoms with E-state index in [0.717, 1.165) is 45.6 Å². The highest BCUT2D eigenvalue weighted by Gasteiger charge is 2.20. The van der Waals surface area contributed by atoms with Crippen LogP contribution >= 0.6 is 22.9 Å². The van der Waals surface area contributed by atoms with Crippen LogP contribution in [-0.2, 0) is 19.4 Å². The van der Waals surface area contributed by atoms with Gasteiger partial charge < -0.3 is 4.74 Å². The minimum Gasteiger partial charge on any atom is -0.486 e. The summed E-state index contributed by atoms with van der Waals surface area (Å²) in [5.74, 6) is 1.37. The van der Waals surface area contributed by atoms with Crippen molar-refractivity contribution < 1.29 is 4.74 Å². The van der Waals surface area contributed by atoms with Gasteiger partial charge in [-0.15, -0.1) is 11.3 Å². The molecule has 0 unspecified atom stereocenters. The second-order valence-electron chi connectivity index (χ2n) is 7.72. The van der Waals surface area contributed by atoms with Crippen LogP contribution in [0, 0.1) is 6.92 Å². The highest BCUT2D eigenvalue weighted by molar-refractivity contribution is 7.19. The molecular weight excluding hydrogens is 426 g/mol. The number of fused-ring (bicyclic) bond motifs is 3. The highest BCUT2D eigenvalue weighted by Crippen LogP contribution is 2.38.